The fourth-order valence-corrected chi connectivity index (χ4v) is 0. The van der Waals surface area contributed by atoms with Crippen LogP contribution >= 0.6 is 0 Å². The molecule has 0 aliphatic rings. The van der Waals surface area contributed by atoms with Gasteiger partial charge in [0.25, 0.3) is 0 Å². The molecule has 0 radical (unpaired) electrons. The van der Waals surface area contributed by atoms with Crippen molar-refractivity contribution in [1.82, 2.24) is 0 Å². The Morgan fingerprint density at radius 3 is 0.818 bits per heavy atom. The van der Waals surface area contributed by atoms with Crippen molar-refractivity contribution in [2.45, 2.75) is 0 Å². The molecule has 3 nitrogen and oxygen atoms in total. The van der Waals surface area contributed by atoms with Crippen LogP contribution < -0.4 is 0 Å². The zero-order chi connectivity index (χ0) is 9.33. The predicted molar refractivity (Wildman–Crippen MR) is 17.4 cm³/mol. The van der Waals surface area contributed by atoms with Gasteiger partial charge in [0.05, 0.1) is 0 Å². The van der Waals surface area contributed by atoms with Crippen LogP contribution in [0.25, 0.3) is 0 Å². The average Bonchev–Trinajstić information content (AvgIpc) is 0.469. The first-order valence-corrected chi connectivity index (χ1v) is 6.51. The van der Waals surface area contributed by atoms with Gasteiger partial charge in [-0.3, -0.25) is 0 Å². The summed E-state index contributed by atoms with van der Waals surface area (Å²) in [5, 5.41) is 0. The Bertz CT molecular complexity index is 417. The molecule has 0 unspecified atom stereocenters. The Kier molecular flexibility index (Phi) is 0.858. The van der Waals surface area contributed by atoms with E-state index in [2.05, 4.69) is 0 Å². The molecule has 0 aliphatic heterocycles. The second-order valence-corrected chi connectivity index (χ2v) is 10.2. The van der Waals surface area contributed by atoms with Crippen molar-refractivity contribution < 1.29 is 43.3 Å². The maximum atomic E-state index is 10.4. The molecule has 0 aromatic heterocycles. The topological polar surface area (TPSA) is 54.4 Å². The summed E-state index contributed by atoms with van der Waals surface area (Å²) in [6.07, 6.45) is 0. The standard InChI is InChI=1S/6FH.Li.H2O.2O.V.H/h6*1H;;1H2;;;;/q;;;;;;;;;;+7;/p-7. The zero-order valence-corrected chi connectivity index (χ0v) is 5.38. The Hall–Kier alpha value is 0.322. The molecule has 0 aromatic rings. The summed E-state index contributed by atoms with van der Waals surface area (Å²) in [6, 6.07) is 0. The molecular formula is H2F6LiO3V. The molecule has 11 heteroatoms. The Labute approximate surface area is 62.6 Å². The third-order valence-electron chi connectivity index (χ3n) is 0. The number of hydrogen-bond donors (Lipinski definition) is 1. The number of rotatable bonds is 0. The van der Waals surface area contributed by atoms with Crippen molar-refractivity contribution in [2.24, 2.45) is 0 Å². The molecule has 0 bridgehead atoms. The molecule has 68 valence electrons. The van der Waals surface area contributed by atoms with E-state index in [0.717, 1.165) is 0 Å². The van der Waals surface area contributed by atoms with E-state index in [-0.39, 0.29) is 18.9 Å². The molecule has 0 atom stereocenters. The molecule has 0 spiro atoms. The van der Waals surface area contributed by atoms with Crippen LogP contribution in [0.2, 0.25) is 0 Å². The van der Waals surface area contributed by atoms with Gasteiger partial charge in [0.2, 0.25) is 0 Å². The van der Waals surface area contributed by atoms with Gasteiger partial charge in [-0.15, -0.1) is 0 Å². The first-order valence-electron chi connectivity index (χ1n) is 1.58. The molecule has 11 heavy (non-hydrogen) atoms. The van der Waals surface area contributed by atoms with Crippen LogP contribution in [0.5, 0.6) is 0 Å². The van der Waals surface area contributed by atoms with E-state index in [4.69, 9.17) is 11.4 Å². The Morgan fingerprint density at radius 1 is 0.818 bits per heavy atom. The third-order valence-corrected chi connectivity index (χ3v) is 0. The van der Waals surface area contributed by atoms with E-state index >= 15 is 0 Å². The van der Waals surface area contributed by atoms with Gasteiger partial charge in [-0.1, -0.05) is 0 Å². The van der Waals surface area contributed by atoms with Crippen LogP contribution in [0, 0.1) is 0 Å². The van der Waals surface area contributed by atoms with E-state index in [1.165, 1.54) is 0 Å². The van der Waals surface area contributed by atoms with Crippen LogP contribution in [-0.4, -0.2) is 22.9 Å². The summed E-state index contributed by atoms with van der Waals surface area (Å²) >= 11 is -16.2. The molecule has 0 saturated heterocycles. The van der Waals surface area contributed by atoms with Crippen molar-refractivity contribution in [3.63, 3.8) is 0 Å². The first kappa shape index (κ1) is 13.9. The molecule has 0 saturated carbocycles. The van der Waals surface area contributed by atoms with E-state index in [9.17, 15) is 20.4 Å². The zero-order valence-electron chi connectivity index (χ0n) is 3.98. The van der Waals surface area contributed by atoms with Gasteiger partial charge in [0.1, 0.15) is 0 Å². The monoisotopic (exact) mass is 222 g/mol. The van der Waals surface area contributed by atoms with Crippen LogP contribution in [-0.2, 0) is 18.9 Å². The normalized spacial score (nSPS) is 31.7. The van der Waals surface area contributed by atoms with Gasteiger partial charge in [-0.25, -0.2) is 0 Å². The van der Waals surface area contributed by atoms with Crippen molar-refractivity contribution in [3.05, 3.63) is 0 Å². The van der Waals surface area contributed by atoms with Crippen LogP contribution in [0.15, 0.2) is 0 Å². The van der Waals surface area contributed by atoms with Crippen molar-refractivity contribution in [1.29, 1.82) is 0 Å². The van der Waals surface area contributed by atoms with Crippen molar-refractivity contribution >= 4 is 18.9 Å². The van der Waals surface area contributed by atoms with Gasteiger partial charge in [-0.2, -0.15) is 0 Å². The first-order chi connectivity index (χ1) is 3.00. The van der Waals surface area contributed by atoms with E-state index in [0.29, 0.717) is 0 Å². The summed E-state index contributed by atoms with van der Waals surface area (Å²) in [4.78, 5) is 0. The summed E-state index contributed by atoms with van der Waals surface area (Å²) in [5.74, 6) is 0. The van der Waals surface area contributed by atoms with Crippen LogP contribution in [0.1, 0.15) is 0 Å². The Balaban J connectivity index is 0. The summed E-state index contributed by atoms with van der Waals surface area (Å²) < 4.78 is 84.4. The fourth-order valence-electron chi connectivity index (χ4n) is 0. The molecule has 0 fully saturated rings. The quantitative estimate of drug-likeness (QED) is 0.492. The molecule has 0 rings (SSSR count). The van der Waals surface area contributed by atoms with Crippen LogP contribution in [0.3, 0.4) is 0 Å². The number of hydrogen-bond acceptors (Lipinski definition) is 2. The second-order valence-electron chi connectivity index (χ2n) is 2.48. The van der Waals surface area contributed by atoms with Crippen molar-refractivity contribution in [2.75, 3.05) is 0 Å². The van der Waals surface area contributed by atoms with Gasteiger partial charge in [-0.05, 0) is 0 Å². The summed E-state index contributed by atoms with van der Waals surface area (Å²) in [5.41, 5.74) is 0. The third kappa shape index (κ3) is 6900. The minimum absolute atomic E-state index is 0. The van der Waals surface area contributed by atoms with Gasteiger partial charge < -0.3 is 0 Å². The summed E-state index contributed by atoms with van der Waals surface area (Å²) in [7, 11) is 0. The molecular weight excluding hydrogens is 220 g/mol. The molecule has 0 aromatic carbocycles. The fraction of sp³-hybridized carbons (Fsp3) is 0. The summed E-state index contributed by atoms with van der Waals surface area (Å²) in [6.45, 7) is 0. The van der Waals surface area contributed by atoms with E-state index in [1.807, 2.05) is 0 Å². The minimum atomic E-state index is -16.2. The SMILES string of the molecule is [LiH].[O]=[V](=[O])([OH])([F])([F])([F])([F])([F])[F]. The van der Waals surface area contributed by atoms with Gasteiger partial charge >= 0.3 is 62.2 Å². The second kappa shape index (κ2) is 0.680. The molecule has 0 amide bonds. The Morgan fingerprint density at radius 2 is 0.818 bits per heavy atom. The van der Waals surface area contributed by atoms with Crippen molar-refractivity contribution in [3.8, 4) is 0 Å². The molecule has 1 N–H and O–H groups in total. The van der Waals surface area contributed by atoms with Crippen LogP contribution in [0.4, 0.5) is 20.4 Å². The van der Waals surface area contributed by atoms with E-state index < -0.39 is 11.5 Å². The van der Waals surface area contributed by atoms with E-state index in [1.54, 1.807) is 0 Å². The average molecular weight is 222 g/mol. The van der Waals surface area contributed by atoms with Gasteiger partial charge in [0, 0.05) is 0 Å². The molecule has 0 aliphatic carbocycles. The predicted octanol–water partition coefficient (Wildman–Crippen LogP) is 1.08. The maximum absolute atomic E-state index is 16.2. The van der Waals surface area contributed by atoms with Gasteiger partial charge in [0.15, 0.2) is 0 Å². The number of halogens is 6. The molecule has 0 heterocycles.